The summed E-state index contributed by atoms with van der Waals surface area (Å²) in [6, 6.07) is 17.6. The minimum Gasteiger partial charge on any atom is -0.338 e. The third kappa shape index (κ3) is 3.97. The topological polar surface area (TPSA) is 49.4 Å². The highest BCUT2D eigenvalue weighted by Crippen LogP contribution is 2.23. The third-order valence-corrected chi connectivity index (χ3v) is 4.90. The fraction of sp³-hybridized carbons (Fsp3) is 0.263. The molecule has 124 valence electrons. The minimum atomic E-state index is -0.290. The van der Waals surface area contributed by atoms with Crippen molar-refractivity contribution >= 4 is 29.3 Å². The van der Waals surface area contributed by atoms with E-state index in [4.69, 9.17) is 0 Å². The Labute approximate surface area is 146 Å². The van der Waals surface area contributed by atoms with Gasteiger partial charge in [0.25, 0.3) is 0 Å². The van der Waals surface area contributed by atoms with Gasteiger partial charge < -0.3 is 10.2 Å². The summed E-state index contributed by atoms with van der Waals surface area (Å²) in [5.74, 6) is -0.339. The van der Waals surface area contributed by atoms with Crippen LogP contribution in [0.3, 0.4) is 0 Å². The highest BCUT2D eigenvalue weighted by Gasteiger charge is 2.34. The van der Waals surface area contributed by atoms with Crippen LogP contribution in [0, 0.1) is 5.92 Å². The first-order chi connectivity index (χ1) is 11.7. The van der Waals surface area contributed by atoms with Crippen LogP contribution in [-0.2, 0) is 16.1 Å². The maximum atomic E-state index is 12.4. The largest absolute Gasteiger partial charge is 0.338 e. The first-order valence-electron chi connectivity index (χ1n) is 7.92. The third-order valence-electron chi connectivity index (χ3n) is 4.16. The summed E-state index contributed by atoms with van der Waals surface area (Å²) in [6.45, 7) is 1.04. The maximum absolute atomic E-state index is 12.4. The van der Waals surface area contributed by atoms with E-state index in [-0.39, 0.29) is 24.2 Å². The summed E-state index contributed by atoms with van der Waals surface area (Å²) in [6.07, 6.45) is 2.29. The SMILES string of the molecule is CSc1ccc(NC(=O)[C@@H]2CC(=O)N(Cc3ccccc3)C2)cc1. The average Bonchev–Trinajstić information content (AvgIpc) is 2.97. The lowest BCUT2D eigenvalue weighted by Gasteiger charge is -2.16. The number of carbonyl (C=O) groups excluding carboxylic acids is 2. The Morgan fingerprint density at radius 3 is 2.54 bits per heavy atom. The highest BCUT2D eigenvalue weighted by molar-refractivity contribution is 7.98. The van der Waals surface area contributed by atoms with E-state index in [0.29, 0.717) is 13.1 Å². The van der Waals surface area contributed by atoms with Crippen LogP contribution in [0.2, 0.25) is 0 Å². The number of nitrogens with zero attached hydrogens (tertiary/aromatic N) is 1. The number of benzene rings is 2. The van der Waals surface area contributed by atoms with Crippen LogP contribution < -0.4 is 5.32 Å². The number of thioether (sulfide) groups is 1. The molecule has 2 aromatic carbocycles. The molecule has 2 amide bonds. The Bertz CT molecular complexity index is 716. The van der Waals surface area contributed by atoms with Crippen molar-refractivity contribution in [3.05, 3.63) is 60.2 Å². The number of hydrogen-bond donors (Lipinski definition) is 1. The van der Waals surface area contributed by atoms with Crippen LogP contribution in [-0.4, -0.2) is 29.5 Å². The molecule has 1 aliphatic rings. The second kappa shape index (κ2) is 7.53. The number of nitrogens with one attached hydrogen (secondary N) is 1. The van der Waals surface area contributed by atoms with E-state index < -0.39 is 0 Å². The zero-order valence-electron chi connectivity index (χ0n) is 13.6. The van der Waals surface area contributed by atoms with Gasteiger partial charge >= 0.3 is 0 Å². The molecule has 1 heterocycles. The van der Waals surface area contributed by atoms with Crippen molar-refractivity contribution in [3.8, 4) is 0 Å². The lowest BCUT2D eigenvalue weighted by Crippen LogP contribution is -2.28. The van der Waals surface area contributed by atoms with Gasteiger partial charge in [0.1, 0.15) is 0 Å². The molecule has 0 spiro atoms. The van der Waals surface area contributed by atoms with Crippen molar-refractivity contribution in [3.63, 3.8) is 0 Å². The molecular weight excluding hydrogens is 320 g/mol. The summed E-state index contributed by atoms with van der Waals surface area (Å²) >= 11 is 1.66. The van der Waals surface area contributed by atoms with Gasteiger partial charge in [-0.25, -0.2) is 0 Å². The molecule has 24 heavy (non-hydrogen) atoms. The summed E-state index contributed by atoms with van der Waals surface area (Å²) < 4.78 is 0. The average molecular weight is 340 g/mol. The summed E-state index contributed by atoms with van der Waals surface area (Å²) in [5.41, 5.74) is 1.85. The van der Waals surface area contributed by atoms with Crippen molar-refractivity contribution in [1.29, 1.82) is 0 Å². The molecule has 4 nitrogen and oxygen atoms in total. The van der Waals surface area contributed by atoms with Gasteiger partial charge in [0, 0.05) is 30.1 Å². The van der Waals surface area contributed by atoms with Crippen LogP contribution in [0.25, 0.3) is 0 Å². The fourth-order valence-corrected chi connectivity index (χ4v) is 3.23. The van der Waals surface area contributed by atoms with Gasteiger partial charge in [0.2, 0.25) is 11.8 Å². The van der Waals surface area contributed by atoms with Gasteiger partial charge in [0.15, 0.2) is 0 Å². The maximum Gasteiger partial charge on any atom is 0.229 e. The Morgan fingerprint density at radius 2 is 1.88 bits per heavy atom. The van der Waals surface area contributed by atoms with Gasteiger partial charge in [-0.15, -0.1) is 11.8 Å². The number of rotatable bonds is 5. The van der Waals surface area contributed by atoms with Crippen LogP contribution in [0.4, 0.5) is 5.69 Å². The molecule has 0 radical (unpaired) electrons. The molecule has 0 bridgehead atoms. The van der Waals surface area contributed by atoms with Gasteiger partial charge in [-0.1, -0.05) is 30.3 Å². The van der Waals surface area contributed by atoms with Gasteiger partial charge in [-0.05, 0) is 36.1 Å². The lowest BCUT2D eigenvalue weighted by molar-refractivity contribution is -0.128. The quantitative estimate of drug-likeness (QED) is 0.849. The smallest absolute Gasteiger partial charge is 0.229 e. The number of likely N-dealkylation sites (tertiary alicyclic amines) is 1. The lowest BCUT2D eigenvalue weighted by atomic mass is 10.1. The Kier molecular flexibility index (Phi) is 5.20. The van der Waals surface area contributed by atoms with Gasteiger partial charge in [-0.3, -0.25) is 9.59 Å². The van der Waals surface area contributed by atoms with E-state index >= 15 is 0 Å². The van der Waals surface area contributed by atoms with E-state index in [0.717, 1.165) is 16.1 Å². The number of anilines is 1. The van der Waals surface area contributed by atoms with E-state index in [9.17, 15) is 9.59 Å². The predicted octanol–water partition coefficient (Wildman–Crippen LogP) is 3.40. The normalized spacial score (nSPS) is 17.1. The first kappa shape index (κ1) is 16.6. The standard InChI is InChI=1S/C19H20N2O2S/c1-24-17-9-7-16(8-10-17)20-19(23)15-11-18(22)21(13-15)12-14-5-3-2-4-6-14/h2-10,15H,11-13H2,1H3,(H,20,23)/t15-/m1/s1. The number of hydrogen-bond acceptors (Lipinski definition) is 3. The van der Waals surface area contributed by atoms with E-state index in [1.165, 1.54) is 0 Å². The molecule has 0 unspecified atom stereocenters. The van der Waals surface area contributed by atoms with Crippen LogP contribution in [0.1, 0.15) is 12.0 Å². The molecule has 1 atom stereocenters. The van der Waals surface area contributed by atoms with Gasteiger partial charge in [0.05, 0.1) is 5.92 Å². The zero-order chi connectivity index (χ0) is 16.9. The molecule has 1 fully saturated rings. The monoisotopic (exact) mass is 340 g/mol. The Balaban J connectivity index is 1.59. The molecule has 0 aromatic heterocycles. The fourth-order valence-electron chi connectivity index (χ4n) is 2.82. The predicted molar refractivity (Wildman–Crippen MR) is 96.8 cm³/mol. The summed E-state index contributed by atoms with van der Waals surface area (Å²) in [4.78, 5) is 27.5. The van der Waals surface area contributed by atoms with E-state index in [2.05, 4.69) is 5.32 Å². The summed E-state index contributed by atoms with van der Waals surface area (Å²) in [5, 5.41) is 2.91. The molecule has 1 aliphatic heterocycles. The number of amides is 2. The second-order valence-electron chi connectivity index (χ2n) is 5.88. The van der Waals surface area contributed by atoms with E-state index in [1.807, 2.05) is 60.9 Å². The Hall–Kier alpha value is -2.27. The minimum absolute atomic E-state index is 0.0386. The molecule has 2 aromatic rings. The molecule has 0 saturated carbocycles. The summed E-state index contributed by atoms with van der Waals surface area (Å²) in [7, 11) is 0. The van der Waals surface area contributed by atoms with Crippen molar-refractivity contribution < 1.29 is 9.59 Å². The molecular formula is C19H20N2O2S. The molecule has 0 aliphatic carbocycles. The van der Waals surface area contributed by atoms with Crippen LogP contribution in [0.5, 0.6) is 0 Å². The van der Waals surface area contributed by atoms with Gasteiger partial charge in [-0.2, -0.15) is 0 Å². The van der Waals surface area contributed by atoms with E-state index in [1.54, 1.807) is 16.7 Å². The Morgan fingerprint density at radius 1 is 1.17 bits per heavy atom. The highest BCUT2D eigenvalue weighted by atomic mass is 32.2. The number of carbonyl (C=O) groups is 2. The van der Waals surface area contributed by atoms with Crippen molar-refractivity contribution in [2.24, 2.45) is 5.92 Å². The molecule has 5 heteroatoms. The molecule has 1 N–H and O–H groups in total. The molecule has 1 saturated heterocycles. The van der Waals surface area contributed by atoms with Crippen LogP contribution in [0.15, 0.2) is 59.5 Å². The van der Waals surface area contributed by atoms with Crippen molar-refractivity contribution in [2.45, 2.75) is 17.9 Å². The van der Waals surface area contributed by atoms with Crippen molar-refractivity contribution in [1.82, 2.24) is 4.90 Å². The zero-order valence-corrected chi connectivity index (χ0v) is 14.4. The second-order valence-corrected chi connectivity index (χ2v) is 6.76. The van der Waals surface area contributed by atoms with Crippen LogP contribution >= 0.6 is 11.8 Å². The van der Waals surface area contributed by atoms with Crippen molar-refractivity contribution in [2.75, 3.05) is 18.1 Å². The first-order valence-corrected chi connectivity index (χ1v) is 9.15. The molecule has 3 rings (SSSR count).